The zero-order valence-corrected chi connectivity index (χ0v) is 24.1. The van der Waals surface area contributed by atoms with Crippen LogP contribution < -0.4 is 16.0 Å². The summed E-state index contributed by atoms with van der Waals surface area (Å²) in [4.78, 5) is 41.4. The van der Waals surface area contributed by atoms with Crippen LogP contribution in [-0.4, -0.2) is 56.3 Å². The van der Waals surface area contributed by atoms with Crippen LogP contribution in [0.5, 0.6) is 0 Å². The van der Waals surface area contributed by atoms with Crippen molar-refractivity contribution in [3.8, 4) is 11.1 Å². The lowest BCUT2D eigenvalue weighted by Crippen LogP contribution is -2.41. The van der Waals surface area contributed by atoms with Gasteiger partial charge in [-0.15, -0.1) is 11.3 Å². The average Bonchev–Trinajstić information content (AvgIpc) is 3.85. The summed E-state index contributed by atoms with van der Waals surface area (Å²) in [6.07, 6.45) is 3.65. The second-order valence-electron chi connectivity index (χ2n) is 10.4. The minimum absolute atomic E-state index is 0.00867. The molecule has 10 nitrogen and oxygen atoms in total. The average molecular weight is 603 g/mol. The molecule has 41 heavy (non-hydrogen) atoms. The van der Waals surface area contributed by atoms with E-state index in [9.17, 15) is 22.8 Å². The van der Waals surface area contributed by atoms with E-state index in [4.69, 9.17) is 4.74 Å². The van der Waals surface area contributed by atoms with Gasteiger partial charge in [-0.1, -0.05) is 19.1 Å². The Bertz CT molecular complexity index is 1570. The molecule has 0 bridgehead atoms. The van der Waals surface area contributed by atoms with Gasteiger partial charge in [0.1, 0.15) is 10.8 Å². The van der Waals surface area contributed by atoms with E-state index in [0.717, 1.165) is 37.0 Å². The van der Waals surface area contributed by atoms with Gasteiger partial charge in [0.05, 0.1) is 29.1 Å². The molecule has 0 saturated heterocycles. The largest absolute Gasteiger partial charge is 0.449 e. The summed E-state index contributed by atoms with van der Waals surface area (Å²) in [6.45, 7) is 1.73. The van der Waals surface area contributed by atoms with E-state index >= 15 is 4.39 Å². The van der Waals surface area contributed by atoms with Crippen molar-refractivity contribution >= 4 is 55.0 Å². The number of fused-ring (bicyclic) bond motifs is 1. The van der Waals surface area contributed by atoms with Crippen molar-refractivity contribution in [1.29, 1.82) is 0 Å². The van der Waals surface area contributed by atoms with Crippen LogP contribution in [0.1, 0.15) is 49.3 Å². The topological polar surface area (TPSA) is 144 Å². The van der Waals surface area contributed by atoms with Crippen molar-refractivity contribution in [2.45, 2.75) is 50.3 Å². The second-order valence-corrected chi connectivity index (χ2v) is 13.7. The van der Waals surface area contributed by atoms with Gasteiger partial charge in [0.2, 0.25) is 11.8 Å². The predicted molar refractivity (Wildman–Crippen MR) is 154 cm³/mol. The molecule has 1 unspecified atom stereocenters. The number of hydrogen-bond donors (Lipinski definition) is 3. The molecule has 0 spiro atoms. The molecule has 2 saturated carbocycles. The van der Waals surface area contributed by atoms with Gasteiger partial charge >= 0.3 is 6.09 Å². The van der Waals surface area contributed by atoms with Gasteiger partial charge in [-0.2, -0.15) is 0 Å². The summed E-state index contributed by atoms with van der Waals surface area (Å²) in [5.74, 6) is -1.61. The van der Waals surface area contributed by atoms with Crippen molar-refractivity contribution in [3.63, 3.8) is 0 Å². The fourth-order valence-electron chi connectivity index (χ4n) is 4.26. The second kappa shape index (κ2) is 12.1. The molecule has 2 aliphatic rings. The summed E-state index contributed by atoms with van der Waals surface area (Å²) in [7, 11) is -3.96. The zero-order valence-electron chi connectivity index (χ0n) is 22.4. The van der Waals surface area contributed by atoms with E-state index in [0.29, 0.717) is 34.9 Å². The molecule has 2 fully saturated rings. The quantitative estimate of drug-likeness (QED) is 0.280. The number of carbonyl (C=O) groups excluding carboxylic acids is 3. The number of hydrogen-bond acceptors (Lipinski definition) is 8. The number of nitrogens with one attached hydrogen (secondary N) is 3. The molecule has 1 atom stereocenters. The van der Waals surface area contributed by atoms with Crippen molar-refractivity contribution < 1.29 is 31.9 Å². The van der Waals surface area contributed by atoms with Crippen LogP contribution >= 0.6 is 11.3 Å². The van der Waals surface area contributed by atoms with Gasteiger partial charge in [0, 0.05) is 23.4 Å². The van der Waals surface area contributed by atoms with Gasteiger partial charge < -0.3 is 15.4 Å². The van der Waals surface area contributed by atoms with Crippen molar-refractivity contribution in [1.82, 2.24) is 15.6 Å². The van der Waals surface area contributed by atoms with Crippen LogP contribution in [0.15, 0.2) is 36.4 Å². The number of sulfone groups is 1. The van der Waals surface area contributed by atoms with Crippen LogP contribution in [0.2, 0.25) is 0 Å². The highest BCUT2D eigenvalue weighted by Crippen LogP contribution is 2.36. The van der Waals surface area contributed by atoms with Crippen LogP contribution in [0.25, 0.3) is 21.3 Å². The highest BCUT2D eigenvalue weighted by molar-refractivity contribution is 7.92. The summed E-state index contributed by atoms with van der Waals surface area (Å²) in [5.41, 5.74) is 1.51. The number of amides is 3. The highest BCUT2D eigenvalue weighted by Gasteiger charge is 2.37. The van der Waals surface area contributed by atoms with Crippen molar-refractivity contribution in [3.05, 3.63) is 47.2 Å². The lowest BCUT2D eigenvalue weighted by atomic mass is 10.0. The maximum Gasteiger partial charge on any atom is 0.411 e. The number of anilines is 1. The standard InChI is InChI=1S/C28H31FN4O6S2/c1-2-11-41(37,38)25(26(35)30-14-24(34)31-18-9-10-18)27-33-22-13-21(29)20(12-23(22)40-27)17-5-7-19(8-6-17)32-28(36)39-15-16-3-4-16/h5-8,12-13,16,18,25H,2-4,9-11,14-15H2,1H3,(H,30,35)(H,31,34)(H,32,36). The van der Waals surface area contributed by atoms with E-state index in [-0.39, 0.29) is 40.3 Å². The number of halogens is 1. The molecule has 1 aromatic heterocycles. The third-order valence-corrected chi connectivity index (χ3v) is 10.1. The molecule has 2 aliphatic carbocycles. The molecule has 5 rings (SSSR count). The number of nitrogens with zero attached hydrogens (tertiary/aromatic N) is 1. The van der Waals surface area contributed by atoms with E-state index in [2.05, 4.69) is 20.9 Å². The van der Waals surface area contributed by atoms with Crippen molar-refractivity contribution in [2.75, 3.05) is 24.2 Å². The molecule has 0 radical (unpaired) electrons. The Morgan fingerprint density at radius 3 is 2.51 bits per heavy atom. The number of ether oxygens (including phenoxy) is 1. The fourth-order valence-corrected chi connectivity index (χ4v) is 7.39. The smallest absolute Gasteiger partial charge is 0.411 e. The minimum atomic E-state index is -3.96. The Morgan fingerprint density at radius 1 is 1.12 bits per heavy atom. The first-order valence-electron chi connectivity index (χ1n) is 13.6. The molecule has 3 amide bonds. The van der Waals surface area contributed by atoms with Gasteiger partial charge in [0.25, 0.3) is 0 Å². The Hall–Kier alpha value is -3.58. The summed E-state index contributed by atoms with van der Waals surface area (Å²) < 4.78 is 47.1. The van der Waals surface area contributed by atoms with E-state index in [1.54, 1.807) is 37.3 Å². The molecule has 3 N–H and O–H groups in total. The third kappa shape index (κ3) is 7.39. The lowest BCUT2D eigenvalue weighted by molar-refractivity contribution is -0.126. The van der Waals surface area contributed by atoms with E-state index < -0.39 is 32.9 Å². The van der Waals surface area contributed by atoms with Crippen LogP contribution in [0.3, 0.4) is 0 Å². The summed E-state index contributed by atoms with van der Waals surface area (Å²) in [6, 6.07) is 9.43. The Balaban J connectivity index is 1.35. The molecular formula is C28H31FN4O6S2. The van der Waals surface area contributed by atoms with E-state index in [1.165, 1.54) is 6.07 Å². The van der Waals surface area contributed by atoms with Gasteiger partial charge in [-0.05, 0) is 61.8 Å². The first-order chi connectivity index (χ1) is 19.6. The van der Waals surface area contributed by atoms with Gasteiger partial charge in [-0.25, -0.2) is 22.6 Å². The molecule has 13 heteroatoms. The van der Waals surface area contributed by atoms with Crippen LogP contribution in [0.4, 0.5) is 14.9 Å². The van der Waals surface area contributed by atoms with Gasteiger partial charge in [0.15, 0.2) is 15.1 Å². The maximum atomic E-state index is 15.2. The van der Waals surface area contributed by atoms with E-state index in [1.807, 2.05) is 0 Å². The third-order valence-electron chi connectivity index (χ3n) is 6.76. The number of aromatic nitrogens is 1. The monoisotopic (exact) mass is 602 g/mol. The predicted octanol–water partition coefficient (Wildman–Crippen LogP) is 4.32. The maximum absolute atomic E-state index is 15.2. The molecule has 218 valence electrons. The Labute approximate surface area is 241 Å². The molecule has 1 heterocycles. The summed E-state index contributed by atoms with van der Waals surface area (Å²) in [5, 5.41) is 6.21. The number of benzene rings is 2. The van der Waals surface area contributed by atoms with Crippen LogP contribution in [0, 0.1) is 11.7 Å². The number of carbonyl (C=O) groups is 3. The van der Waals surface area contributed by atoms with Crippen LogP contribution in [-0.2, 0) is 24.2 Å². The highest BCUT2D eigenvalue weighted by atomic mass is 32.2. The van der Waals surface area contributed by atoms with Gasteiger partial charge in [-0.3, -0.25) is 14.9 Å². The zero-order chi connectivity index (χ0) is 29.1. The Kier molecular flexibility index (Phi) is 8.55. The first-order valence-corrected chi connectivity index (χ1v) is 16.1. The SMILES string of the molecule is CCCS(=O)(=O)C(C(=O)NCC(=O)NC1CC1)c1nc2cc(F)c(-c3ccc(NC(=O)OCC4CC4)cc3)cc2s1. The molecular weight excluding hydrogens is 571 g/mol. The lowest BCUT2D eigenvalue weighted by Gasteiger charge is -2.15. The number of rotatable bonds is 12. The van der Waals surface area contributed by atoms with Crippen molar-refractivity contribution in [2.24, 2.45) is 5.92 Å². The number of thiazole rings is 1. The Morgan fingerprint density at radius 2 is 1.85 bits per heavy atom. The molecule has 3 aromatic rings. The fraction of sp³-hybridized carbons (Fsp3) is 0.429. The summed E-state index contributed by atoms with van der Waals surface area (Å²) >= 11 is 0.991. The minimum Gasteiger partial charge on any atom is -0.449 e. The molecule has 0 aliphatic heterocycles. The first kappa shape index (κ1) is 28.9. The normalized spacial score (nSPS) is 15.8. The molecule has 2 aromatic carbocycles.